The van der Waals surface area contributed by atoms with Gasteiger partial charge in [-0.25, -0.2) is 0 Å². The van der Waals surface area contributed by atoms with Crippen LogP contribution in [0.15, 0.2) is 17.5 Å². The molecule has 2 heterocycles. The Hall–Kier alpha value is -0.420. The first-order valence-electron chi connectivity index (χ1n) is 7.50. The highest BCUT2D eigenvalue weighted by Crippen LogP contribution is 2.45. The SMILES string of the molecule is OCCN(CC1CCCN1)C(c1cccs1)C1CC1. The quantitative estimate of drug-likeness (QED) is 0.804. The first-order chi connectivity index (χ1) is 9.38. The van der Waals surface area contributed by atoms with Crippen LogP contribution in [0.1, 0.15) is 36.6 Å². The predicted molar refractivity (Wildman–Crippen MR) is 79.5 cm³/mol. The fraction of sp³-hybridized carbons (Fsp3) is 0.733. The zero-order chi connectivity index (χ0) is 13.1. The Morgan fingerprint density at radius 3 is 2.89 bits per heavy atom. The van der Waals surface area contributed by atoms with Crippen molar-refractivity contribution in [2.45, 2.75) is 37.8 Å². The third-order valence-corrected chi connectivity index (χ3v) is 5.24. The van der Waals surface area contributed by atoms with E-state index in [0.717, 1.165) is 25.6 Å². The second kappa shape index (κ2) is 6.35. The lowest BCUT2D eigenvalue weighted by molar-refractivity contribution is 0.128. The minimum Gasteiger partial charge on any atom is -0.395 e. The van der Waals surface area contributed by atoms with Crippen LogP contribution >= 0.6 is 11.3 Å². The largest absolute Gasteiger partial charge is 0.395 e. The maximum Gasteiger partial charge on any atom is 0.0558 e. The van der Waals surface area contributed by atoms with Crippen LogP contribution < -0.4 is 5.32 Å². The minimum atomic E-state index is 0.265. The van der Waals surface area contributed by atoms with Crippen LogP contribution in [0.4, 0.5) is 0 Å². The van der Waals surface area contributed by atoms with Crippen molar-refractivity contribution in [3.8, 4) is 0 Å². The molecule has 1 saturated carbocycles. The average Bonchev–Trinajstić information content (AvgIpc) is 2.91. The molecule has 106 valence electrons. The summed E-state index contributed by atoms with van der Waals surface area (Å²) in [5.41, 5.74) is 0. The lowest BCUT2D eigenvalue weighted by atomic mass is 10.1. The van der Waals surface area contributed by atoms with E-state index < -0.39 is 0 Å². The molecule has 0 aromatic carbocycles. The van der Waals surface area contributed by atoms with Gasteiger partial charge in [-0.2, -0.15) is 0 Å². The van der Waals surface area contributed by atoms with Gasteiger partial charge in [-0.15, -0.1) is 11.3 Å². The van der Waals surface area contributed by atoms with Gasteiger partial charge in [0, 0.05) is 30.1 Å². The van der Waals surface area contributed by atoms with Crippen LogP contribution in [0.5, 0.6) is 0 Å². The lowest BCUT2D eigenvalue weighted by Gasteiger charge is -2.33. The molecule has 2 aliphatic rings. The van der Waals surface area contributed by atoms with Gasteiger partial charge in [-0.1, -0.05) is 6.07 Å². The molecule has 0 radical (unpaired) electrons. The van der Waals surface area contributed by atoms with Crippen molar-refractivity contribution >= 4 is 11.3 Å². The minimum absolute atomic E-state index is 0.265. The maximum absolute atomic E-state index is 9.40. The Kier molecular flexibility index (Phi) is 4.53. The van der Waals surface area contributed by atoms with Gasteiger partial charge in [-0.3, -0.25) is 4.90 Å². The van der Waals surface area contributed by atoms with Crippen LogP contribution in [0.2, 0.25) is 0 Å². The van der Waals surface area contributed by atoms with Crippen LogP contribution in [-0.4, -0.2) is 42.3 Å². The number of hydrogen-bond donors (Lipinski definition) is 2. The second-order valence-electron chi connectivity index (χ2n) is 5.81. The van der Waals surface area contributed by atoms with Gasteiger partial charge >= 0.3 is 0 Å². The van der Waals surface area contributed by atoms with Gasteiger partial charge < -0.3 is 10.4 Å². The summed E-state index contributed by atoms with van der Waals surface area (Å²) in [5, 5.41) is 15.2. The third-order valence-electron chi connectivity index (χ3n) is 4.30. The molecule has 19 heavy (non-hydrogen) atoms. The monoisotopic (exact) mass is 280 g/mol. The summed E-state index contributed by atoms with van der Waals surface area (Å²) in [5.74, 6) is 0.812. The first kappa shape index (κ1) is 13.6. The summed E-state index contributed by atoms with van der Waals surface area (Å²) in [4.78, 5) is 4.00. The predicted octanol–water partition coefficient (Wildman–Crippen LogP) is 2.25. The highest BCUT2D eigenvalue weighted by Gasteiger charge is 2.37. The van der Waals surface area contributed by atoms with E-state index in [-0.39, 0.29) is 6.61 Å². The van der Waals surface area contributed by atoms with Gasteiger partial charge in [0.1, 0.15) is 0 Å². The van der Waals surface area contributed by atoms with Gasteiger partial charge in [0.25, 0.3) is 0 Å². The van der Waals surface area contributed by atoms with Crippen molar-refractivity contribution in [1.29, 1.82) is 0 Å². The summed E-state index contributed by atoms with van der Waals surface area (Å²) < 4.78 is 0. The molecule has 1 aliphatic heterocycles. The van der Waals surface area contributed by atoms with Crippen LogP contribution in [0.3, 0.4) is 0 Å². The number of nitrogens with one attached hydrogen (secondary N) is 1. The van der Waals surface area contributed by atoms with Crippen LogP contribution in [-0.2, 0) is 0 Å². The number of aliphatic hydroxyl groups excluding tert-OH is 1. The van der Waals surface area contributed by atoms with E-state index in [9.17, 15) is 5.11 Å². The molecule has 1 aliphatic carbocycles. The molecule has 3 nitrogen and oxygen atoms in total. The van der Waals surface area contributed by atoms with Crippen molar-refractivity contribution in [1.82, 2.24) is 10.2 Å². The Balaban J connectivity index is 1.71. The first-order valence-corrected chi connectivity index (χ1v) is 8.38. The molecule has 1 saturated heterocycles. The van der Waals surface area contributed by atoms with Crippen LogP contribution in [0, 0.1) is 5.92 Å². The molecule has 1 aromatic rings. The summed E-state index contributed by atoms with van der Waals surface area (Å²) >= 11 is 1.87. The molecule has 2 atom stereocenters. The molecule has 0 bridgehead atoms. The zero-order valence-electron chi connectivity index (χ0n) is 11.4. The van der Waals surface area contributed by atoms with Crippen molar-refractivity contribution in [3.63, 3.8) is 0 Å². The summed E-state index contributed by atoms with van der Waals surface area (Å²) in [6.45, 7) is 3.31. The van der Waals surface area contributed by atoms with Gasteiger partial charge in [0.05, 0.1) is 6.61 Å². The Labute approximate surface area is 119 Å². The van der Waals surface area contributed by atoms with Crippen LogP contribution in [0.25, 0.3) is 0 Å². The Morgan fingerprint density at radius 1 is 1.42 bits per heavy atom. The van der Waals surface area contributed by atoms with Gasteiger partial charge in [0.15, 0.2) is 0 Å². The normalized spacial score (nSPS) is 25.1. The fourth-order valence-electron chi connectivity index (χ4n) is 3.25. The zero-order valence-corrected chi connectivity index (χ0v) is 12.2. The molecule has 0 amide bonds. The van der Waals surface area contributed by atoms with Gasteiger partial charge in [-0.05, 0) is 49.6 Å². The second-order valence-corrected chi connectivity index (χ2v) is 6.79. The maximum atomic E-state index is 9.40. The molecule has 4 heteroatoms. The van der Waals surface area contributed by atoms with E-state index in [0.29, 0.717) is 12.1 Å². The summed E-state index contributed by atoms with van der Waals surface area (Å²) in [6.07, 6.45) is 5.28. The molecule has 1 aromatic heterocycles. The highest BCUT2D eigenvalue weighted by molar-refractivity contribution is 7.10. The Bertz CT molecular complexity index is 372. The average molecular weight is 280 g/mol. The number of hydrogen-bond acceptors (Lipinski definition) is 4. The topological polar surface area (TPSA) is 35.5 Å². The van der Waals surface area contributed by atoms with E-state index in [1.807, 2.05) is 11.3 Å². The number of rotatable bonds is 7. The fourth-order valence-corrected chi connectivity index (χ4v) is 4.20. The molecule has 2 unspecified atom stereocenters. The van der Waals surface area contributed by atoms with E-state index in [2.05, 4.69) is 27.7 Å². The van der Waals surface area contributed by atoms with Crippen molar-refractivity contribution in [2.75, 3.05) is 26.2 Å². The third kappa shape index (κ3) is 3.37. The standard InChI is InChI=1S/C15H24N2OS/c18-9-8-17(11-13-3-1-7-16-13)15(12-5-6-12)14-4-2-10-19-14/h2,4,10,12-13,15-16,18H,1,3,5-9,11H2. The van der Waals surface area contributed by atoms with E-state index >= 15 is 0 Å². The summed E-state index contributed by atoms with van der Waals surface area (Å²) in [6, 6.07) is 5.57. The summed E-state index contributed by atoms with van der Waals surface area (Å²) in [7, 11) is 0. The lowest BCUT2D eigenvalue weighted by Crippen LogP contribution is -2.41. The number of nitrogens with zero attached hydrogens (tertiary/aromatic N) is 1. The number of aliphatic hydroxyl groups is 1. The Morgan fingerprint density at radius 2 is 2.32 bits per heavy atom. The van der Waals surface area contributed by atoms with Crippen molar-refractivity contribution in [2.24, 2.45) is 5.92 Å². The molecule has 2 fully saturated rings. The molecule has 3 rings (SSSR count). The van der Waals surface area contributed by atoms with E-state index in [4.69, 9.17) is 0 Å². The van der Waals surface area contributed by atoms with Gasteiger partial charge in [0.2, 0.25) is 0 Å². The van der Waals surface area contributed by atoms with Crippen molar-refractivity contribution < 1.29 is 5.11 Å². The smallest absolute Gasteiger partial charge is 0.0558 e. The molecular weight excluding hydrogens is 256 g/mol. The molecule has 2 N–H and O–H groups in total. The van der Waals surface area contributed by atoms with E-state index in [1.54, 1.807) is 0 Å². The highest BCUT2D eigenvalue weighted by atomic mass is 32.1. The number of thiophene rings is 1. The molecule has 0 spiro atoms. The van der Waals surface area contributed by atoms with Crippen molar-refractivity contribution in [3.05, 3.63) is 22.4 Å². The van der Waals surface area contributed by atoms with E-state index in [1.165, 1.54) is 30.6 Å². The molecular formula is C15H24N2OS.